The molecular weight excluding hydrogens is 324 g/mol. The van der Waals surface area contributed by atoms with E-state index in [2.05, 4.69) is 5.32 Å². The molecule has 7 heteroatoms. The van der Waals surface area contributed by atoms with Crippen molar-refractivity contribution < 1.29 is 13.2 Å². The van der Waals surface area contributed by atoms with Gasteiger partial charge in [-0.05, 0) is 36.8 Å². The first-order chi connectivity index (χ1) is 10.4. The van der Waals surface area contributed by atoms with E-state index >= 15 is 0 Å². The summed E-state index contributed by atoms with van der Waals surface area (Å²) in [5.41, 5.74) is 1.16. The number of halogens is 1. The first-order valence-corrected chi connectivity index (χ1v) is 9.09. The second-order valence-electron chi connectivity index (χ2n) is 5.33. The van der Waals surface area contributed by atoms with Gasteiger partial charge in [-0.2, -0.15) is 0 Å². The Morgan fingerprint density at radius 2 is 2.00 bits per heavy atom. The number of amides is 1. The van der Waals surface area contributed by atoms with Crippen LogP contribution in [0.15, 0.2) is 42.7 Å². The molecule has 1 fully saturated rings. The summed E-state index contributed by atoms with van der Waals surface area (Å²) in [6.07, 6.45) is 4.19. The lowest BCUT2D eigenvalue weighted by atomic mass is 10.1. The molecule has 0 radical (unpaired) electrons. The van der Waals surface area contributed by atoms with Gasteiger partial charge in [0.1, 0.15) is 0 Å². The number of carbonyl (C=O) groups excluding carboxylic acids is 1. The highest BCUT2D eigenvalue weighted by Gasteiger charge is 2.29. The van der Waals surface area contributed by atoms with Crippen LogP contribution in [0, 0.1) is 0 Å². The lowest BCUT2D eigenvalue weighted by Crippen LogP contribution is -2.35. The zero-order valence-electron chi connectivity index (χ0n) is 11.7. The van der Waals surface area contributed by atoms with Gasteiger partial charge in [-0.3, -0.25) is 4.79 Å². The lowest BCUT2D eigenvalue weighted by Gasteiger charge is -2.13. The zero-order chi connectivity index (χ0) is 15.7. The number of nitrogens with zero attached hydrogens (tertiary/aromatic N) is 1. The monoisotopic (exact) mass is 338 g/mol. The first kappa shape index (κ1) is 15.1. The highest BCUT2D eigenvalue weighted by molar-refractivity contribution is 7.91. The molecule has 2 aromatic rings. The van der Waals surface area contributed by atoms with Crippen LogP contribution in [0.3, 0.4) is 0 Å². The summed E-state index contributed by atoms with van der Waals surface area (Å²) in [5, 5.41) is 3.09. The molecule has 1 saturated heterocycles. The maximum atomic E-state index is 12.4. The third-order valence-corrected chi connectivity index (χ3v) is 5.76. The maximum absolute atomic E-state index is 12.4. The molecule has 2 heterocycles. The first-order valence-electron chi connectivity index (χ1n) is 6.89. The van der Waals surface area contributed by atoms with Crippen LogP contribution in [0.4, 0.5) is 0 Å². The molecule has 5 nitrogen and oxygen atoms in total. The maximum Gasteiger partial charge on any atom is 0.253 e. The molecule has 0 unspecified atom stereocenters. The van der Waals surface area contributed by atoms with Crippen molar-refractivity contribution >= 4 is 27.3 Å². The Balaban J connectivity index is 1.82. The summed E-state index contributed by atoms with van der Waals surface area (Å²) in [5.74, 6) is -0.232. The van der Waals surface area contributed by atoms with Gasteiger partial charge in [0.15, 0.2) is 9.84 Å². The molecule has 3 rings (SSSR count). The minimum absolute atomic E-state index is 0.00630. The molecule has 1 aliphatic rings. The molecule has 0 saturated carbocycles. The number of nitrogens with one attached hydrogen (secondary N) is 1. The Bertz CT molecular complexity index is 800. The predicted octanol–water partition coefficient (Wildman–Crippen LogP) is 2.05. The van der Waals surface area contributed by atoms with Crippen molar-refractivity contribution in [2.45, 2.75) is 12.5 Å². The van der Waals surface area contributed by atoms with Gasteiger partial charge in [0.05, 0.1) is 22.1 Å². The number of carbonyl (C=O) groups is 1. The van der Waals surface area contributed by atoms with Crippen molar-refractivity contribution in [1.82, 2.24) is 9.88 Å². The number of sulfone groups is 1. The normalized spacial score (nSPS) is 20.0. The van der Waals surface area contributed by atoms with Crippen LogP contribution in [0.25, 0.3) is 5.69 Å². The Morgan fingerprint density at radius 1 is 1.27 bits per heavy atom. The Labute approximate surface area is 133 Å². The fraction of sp³-hybridized carbons (Fsp3) is 0.267. The molecule has 116 valence electrons. The van der Waals surface area contributed by atoms with Crippen molar-refractivity contribution in [2.24, 2.45) is 0 Å². The lowest BCUT2D eigenvalue weighted by molar-refractivity contribution is 0.0941. The quantitative estimate of drug-likeness (QED) is 0.931. The van der Waals surface area contributed by atoms with E-state index in [9.17, 15) is 13.2 Å². The fourth-order valence-electron chi connectivity index (χ4n) is 2.53. The van der Waals surface area contributed by atoms with Crippen LogP contribution in [-0.4, -0.2) is 36.4 Å². The topological polar surface area (TPSA) is 68.2 Å². The summed E-state index contributed by atoms with van der Waals surface area (Å²) < 4.78 is 24.8. The molecule has 1 aliphatic heterocycles. The third-order valence-electron chi connectivity index (χ3n) is 3.66. The highest BCUT2D eigenvalue weighted by atomic mass is 35.5. The van der Waals surface area contributed by atoms with E-state index in [0.717, 1.165) is 5.69 Å². The van der Waals surface area contributed by atoms with Crippen molar-refractivity contribution in [2.75, 3.05) is 11.5 Å². The molecule has 1 amide bonds. The molecular formula is C15H15ClN2O3S. The van der Waals surface area contributed by atoms with Crippen LogP contribution < -0.4 is 5.32 Å². The van der Waals surface area contributed by atoms with Gasteiger partial charge in [-0.1, -0.05) is 11.6 Å². The molecule has 22 heavy (non-hydrogen) atoms. The average molecular weight is 339 g/mol. The number of aromatic nitrogens is 1. The van der Waals surface area contributed by atoms with Gasteiger partial charge in [-0.15, -0.1) is 0 Å². The largest absolute Gasteiger partial charge is 0.348 e. The summed E-state index contributed by atoms with van der Waals surface area (Å²) in [6.45, 7) is 0. The van der Waals surface area contributed by atoms with Crippen LogP contribution >= 0.6 is 11.6 Å². The van der Waals surface area contributed by atoms with Gasteiger partial charge in [0.25, 0.3) is 5.91 Å². The van der Waals surface area contributed by atoms with Gasteiger partial charge in [0, 0.05) is 24.1 Å². The van der Waals surface area contributed by atoms with Crippen molar-refractivity contribution in [1.29, 1.82) is 0 Å². The van der Waals surface area contributed by atoms with Crippen LogP contribution in [0.2, 0.25) is 5.02 Å². The summed E-state index contributed by atoms with van der Waals surface area (Å²) in [7, 11) is -3.03. The molecule has 1 atom stereocenters. The molecule has 0 aliphatic carbocycles. The Hall–Kier alpha value is -1.79. The fourth-order valence-corrected chi connectivity index (χ4v) is 4.40. The van der Waals surface area contributed by atoms with E-state index in [1.54, 1.807) is 12.1 Å². The zero-order valence-corrected chi connectivity index (χ0v) is 13.3. The second-order valence-corrected chi connectivity index (χ2v) is 7.96. The molecule has 1 N–H and O–H groups in total. The van der Waals surface area contributed by atoms with E-state index in [-0.39, 0.29) is 23.5 Å². The van der Waals surface area contributed by atoms with E-state index in [1.807, 2.05) is 35.2 Å². The number of hydrogen-bond acceptors (Lipinski definition) is 3. The Kier molecular flexibility index (Phi) is 3.97. The van der Waals surface area contributed by atoms with Gasteiger partial charge in [-0.25, -0.2) is 8.42 Å². The molecule has 1 aromatic carbocycles. The van der Waals surface area contributed by atoms with Crippen molar-refractivity contribution in [3.8, 4) is 5.69 Å². The number of benzene rings is 1. The Morgan fingerprint density at radius 3 is 2.64 bits per heavy atom. The standard InChI is InChI=1S/C15H15ClN2O3S/c16-14-4-3-12(18-6-1-2-7-18)9-13(14)15(19)17-11-5-8-22(20,21)10-11/h1-4,6-7,9,11H,5,8,10H2,(H,17,19)/t11-/m1/s1. The SMILES string of the molecule is O=C(N[C@@H]1CCS(=O)(=O)C1)c1cc(-n2cccc2)ccc1Cl. The number of rotatable bonds is 3. The van der Waals surface area contributed by atoms with Gasteiger partial charge >= 0.3 is 0 Å². The molecule has 1 aromatic heterocycles. The summed E-state index contributed by atoms with van der Waals surface area (Å²) in [4.78, 5) is 12.4. The third kappa shape index (κ3) is 3.18. The van der Waals surface area contributed by atoms with Gasteiger partial charge in [0.2, 0.25) is 0 Å². The van der Waals surface area contributed by atoms with Gasteiger partial charge < -0.3 is 9.88 Å². The van der Waals surface area contributed by atoms with Crippen LogP contribution in [-0.2, 0) is 9.84 Å². The van der Waals surface area contributed by atoms with E-state index in [1.165, 1.54) is 0 Å². The van der Waals surface area contributed by atoms with E-state index in [4.69, 9.17) is 11.6 Å². The second kappa shape index (κ2) is 5.78. The molecule has 0 spiro atoms. The minimum atomic E-state index is -3.03. The van der Waals surface area contributed by atoms with Crippen LogP contribution in [0.1, 0.15) is 16.8 Å². The minimum Gasteiger partial charge on any atom is -0.348 e. The number of hydrogen-bond donors (Lipinski definition) is 1. The summed E-state index contributed by atoms with van der Waals surface area (Å²) >= 11 is 6.11. The molecule has 0 bridgehead atoms. The van der Waals surface area contributed by atoms with E-state index < -0.39 is 9.84 Å². The highest BCUT2D eigenvalue weighted by Crippen LogP contribution is 2.21. The predicted molar refractivity (Wildman–Crippen MR) is 85.3 cm³/mol. The van der Waals surface area contributed by atoms with Crippen molar-refractivity contribution in [3.63, 3.8) is 0 Å². The van der Waals surface area contributed by atoms with E-state index in [0.29, 0.717) is 17.0 Å². The summed E-state index contributed by atoms with van der Waals surface area (Å²) in [6, 6.07) is 8.61. The van der Waals surface area contributed by atoms with Crippen molar-refractivity contribution in [3.05, 3.63) is 53.3 Å². The average Bonchev–Trinajstić information content (AvgIpc) is 3.09. The van der Waals surface area contributed by atoms with Crippen LogP contribution in [0.5, 0.6) is 0 Å². The smallest absolute Gasteiger partial charge is 0.253 e.